The number of rotatable bonds is 5. The van der Waals surface area contributed by atoms with Gasteiger partial charge in [-0.25, -0.2) is 4.79 Å². The molecule has 2 aromatic carbocycles. The number of H-pyrrole nitrogens is 2. The molecular formula is C22H19BrN6O4. The van der Waals surface area contributed by atoms with E-state index in [1.54, 1.807) is 30.3 Å². The van der Waals surface area contributed by atoms with Crippen LogP contribution in [0.25, 0.3) is 22.3 Å². The molecule has 1 atom stereocenters. The largest absolute Gasteiger partial charge is 0.439 e. The van der Waals surface area contributed by atoms with E-state index in [4.69, 9.17) is 0 Å². The lowest BCUT2D eigenvalue weighted by atomic mass is 10.1. The van der Waals surface area contributed by atoms with Crippen LogP contribution in [0.5, 0.6) is 0 Å². The summed E-state index contributed by atoms with van der Waals surface area (Å²) < 4.78 is 5.33. The van der Waals surface area contributed by atoms with Crippen LogP contribution in [-0.4, -0.2) is 39.5 Å². The lowest BCUT2D eigenvalue weighted by molar-refractivity contribution is -0.117. The van der Waals surface area contributed by atoms with Crippen molar-refractivity contribution in [2.75, 3.05) is 17.2 Å². The van der Waals surface area contributed by atoms with Crippen LogP contribution >= 0.6 is 15.9 Å². The quantitative estimate of drug-likeness (QED) is 0.278. The van der Waals surface area contributed by atoms with Gasteiger partial charge in [-0.3, -0.25) is 19.1 Å². The van der Waals surface area contributed by atoms with Gasteiger partial charge in [0, 0.05) is 15.4 Å². The maximum Gasteiger partial charge on any atom is 0.439 e. The van der Waals surface area contributed by atoms with Gasteiger partial charge >= 0.3 is 5.76 Å². The van der Waals surface area contributed by atoms with Crippen molar-refractivity contribution >= 4 is 50.0 Å². The SMILES string of the molecule is O=C(Nc1ccc(Br)cc1-c1noc(=O)[nH]1)c1cc2cccc(NC(=O)[C@H]3CCCN3)c2[nH]1. The van der Waals surface area contributed by atoms with E-state index in [9.17, 15) is 14.4 Å². The van der Waals surface area contributed by atoms with Gasteiger partial charge in [-0.1, -0.05) is 33.2 Å². The second-order valence-corrected chi connectivity index (χ2v) is 8.59. The number of hydrogen-bond acceptors (Lipinski definition) is 6. The van der Waals surface area contributed by atoms with Crippen molar-refractivity contribution in [3.05, 3.63) is 63.2 Å². The molecule has 33 heavy (non-hydrogen) atoms. The molecule has 0 unspecified atom stereocenters. The second kappa shape index (κ2) is 8.68. The molecule has 10 nitrogen and oxygen atoms in total. The van der Waals surface area contributed by atoms with Gasteiger partial charge in [-0.15, -0.1) is 0 Å². The van der Waals surface area contributed by atoms with E-state index in [1.165, 1.54) is 0 Å². The first-order valence-corrected chi connectivity index (χ1v) is 11.1. The summed E-state index contributed by atoms with van der Waals surface area (Å²) in [5.74, 6) is -0.990. The average molecular weight is 511 g/mol. The van der Waals surface area contributed by atoms with Crippen molar-refractivity contribution in [3.8, 4) is 11.4 Å². The number of benzene rings is 2. The highest BCUT2D eigenvalue weighted by Crippen LogP contribution is 2.30. The number of aromatic nitrogens is 3. The third-order valence-electron chi connectivity index (χ3n) is 5.46. The first-order valence-electron chi connectivity index (χ1n) is 10.3. The predicted molar refractivity (Wildman–Crippen MR) is 126 cm³/mol. The number of fused-ring (bicyclic) bond motifs is 1. The Labute approximate surface area is 195 Å². The van der Waals surface area contributed by atoms with Crippen LogP contribution in [0.3, 0.4) is 0 Å². The van der Waals surface area contributed by atoms with E-state index < -0.39 is 11.7 Å². The fourth-order valence-electron chi connectivity index (χ4n) is 3.87. The second-order valence-electron chi connectivity index (χ2n) is 7.68. The van der Waals surface area contributed by atoms with Crippen LogP contribution in [0.15, 0.2) is 56.3 Å². The molecule has 0 aliphatic carbocycles. The predicted octanol–water partition coefficient (Wildman–Crippen LogP) is 3.22. The highest BCUT2D eigenvalue weighted by Gasteiger charge is 2.23. The molecule has 2 amide bonds. The first kappa shape index (κ1) is 21.2. The Balaban J connectivity index is 1.42. The standard InChI is InChI=1S/C22H19BrN6O4/c23-12-6-7-14(13(10-12)19-28-22(32)33-29-19)26-21(31)17-9-11-3-1-4-15(18(11)25-17)27-20(30)16-5-2-8-24-16/h1,3-4,6-7,9-10,16,24-25H,2,5,8H2,(H,26,31)(H,27,30)(H,28,29,32)/t16-/m1/s1. The highest BCUT2D eigenvalue weighted by molar-refractivity contribution is 9.10. The van der Waals surface area contributed by atoms with Crippen molar-refractivity contribution in [3.63, 3.8) is 0 Å². The Morgan fingerprint density at radius 1 is 1.09 bits per heavy atom. The normalized spacial score (nSPS) is 15.6. The maximum absolute atomic E-state index is 13.0. The molecule has 1 fully saturated rings. The number of halogens is 1. The van der Waals surface area contributed by atoms with E-state index in [1.807, 2.05) is 12.1 Å². The molecular weight excluding hydrogens is 492 g/mol. The summed E-state index contributed by atoms with van der Waals surface area (Å²) in [5, 5.41) is 13.4. The summed E-state index contributed by atoms with van der Waals surface area (Å²) in [4.78, 5) is 42.5. The van der Waals surface area contributed by atoms with Crippen molar-refractivity contribution in [1.82, 2.24) is 20.4 Å². The van der Waals surface area contributed by atoms with Gasteiger partial charge in [0.2, 0.25) is 5.91 Å². The molecule has 0 bridgehead atoms. The summed E-state index contributed by atoms with van der Waals surface area (Å²) >= 11 is 3.38. The Bertz CT molecular complexity index is 1420. The molecule has 0 saturated carbocycles. The van der Waals surface area contributed by atoms with Crippen LogP contribution < -0.4 is 21.7 Å². The zero-order valence-electron chi connectivity index (χ0n) is 17.2. The summed E-state index contributed by atoms with van der Waals surface area (Å²) in [6.07, 6.45) is 1.77. The minimum Gasteiger partial charge on any atom is -0.349 e. The third-order valence-corrected chi connectivity index (χ3v) is 5.95. The number of anilines is 2. The van der Waals surface area contributed by atoms with Gasteiger partial charge in [0.1, 0.15) is 5.69 Å². The molecule has 4 aromatic rings. The Morgan fingerprint density at radius 3 is 2.73 bits per heavy atom. The summed E-state index contributed by atoms with van der Waals surface area (Å²) in [6.45, 7) is 0.829. The van der Waals surface area contributed by atoms with Crippen molar-refractivity contribution in [2.24, 2.45) is 0 Å². The average Bonchev–Trinajstić information content (AvgIpc) is 3.55. The number of nitrogens with one attached hydrogen (secondary N) is 5. The molecule has 1 aliphatic rings. The van der Waals surface area contributed by atoms with Crippen LogP contribution in [0.4, 0.5) is 11.4 Å². The van der Waals surface area contributed by atoms with Gasteiger partial charge in [-0.2, -0.15) is 0 Å². The fraction of sp³-hybridized carbons (Fsp3) is 0.182. The van der Waals surface area contributed by atoms with Crippen molar-refractivity contribution in [1.29, 1.82) is 0 Å². The van der Waals surface area contributed by atoms with Gasteiger partial charge in [0.05, 0.1) is 22.9 Å². The number of carbonyl (C=O) groups is 2. The monoisotopic (exact) mass is 510 g/mol. The van der Waals surface area contributed by atoms with Crippen LogP contribution in [0, 0.1) is 0 Å². The van der Waals surface area contributed by atoms with E-state index >= 15 is 0 Å². The molecule has 1 aliphatic heterocycles. The summed E-state index contributed by atoms with van der Waals surface area (Å²) in [6, 6.07) is 12.1. The number of para-hydroxylation sites is 1. The Kier molecular flexibility index (Phi) is 5.56. The molecule has 3 heterocycles. The molecule has 0 spiro atoms. The van der Waals surface area contributed by atoms with Crippen LogP contribution in [0.2, 0.25) is 0 Å². The lowest BCUT2D eigenvalue weighted by Crippen LogP contribution is -2.35. The molecule has 5 rings (SSSR count). The summed E-state index contributed by atoms with van der Waals surface area (Å²) in [5.41, 5.74) is 2.50. The lowest BCUT2D eigenvalue weighted by Gasteiger charge is -2.11. The van der Waals surface area contributed by atoms with Gasteiger partial charge in [0.15, 0.2) is 5.82 Å². The molecule has 11 heteroatoms. The zero-order chi connectivity index (χ0) is 22.9. The van der Waals surface area contributed by atoms with E-state index in [0.29, 0.717) is 28.1 Å². The van der Waals surface area contributed by atoms with Crippen molar-refractivity contribution in [2.45, 2.75) is 18.9 Å². The van der Waals surface area contributed by atoms with Gasteiger partial charge in [-0.05, 0) is 49.7 Å². The Hall–Kier alpha value is -3.70. The molecule has 0 radical (unpaired) electrons. The third kappa shape index (κ3) is 4.32. The molecule has 168 valence electrons. The molecule has 2 aromatic heterocycles. The van der Waals surface area contributed by atoms with Crippen LogP contribution in [0.1, 0.15) is 23.3 Å². The van der Waals surface area contributed by atoms with Crippen LogP contribution in [-0.2, 0) is 4.79 Å². The van der Waals surface area contributed by atoms with Gasteiger partial charge in [0.25, 0.3) is 5.91 Å². The molecule has 1 saturated heterocycles. The Morgan fingerprint density at radius 2 is 1.97 bits per heavy atom. The number of hydrogen-bond donors (Lipinski definition) is 5. The van der Waals surface area contributed by atoms with E-state index in [0.717, 1.165) is 29.2 Å². The number of amides is 2. The highest BCUT2D eigenvalue weighted by atomic mass is 79.9. The number of carbonyl (C=O) groups excluding carboxylic acids is 2. The number of nitrogens with zero attached hydrogens (tertiary/aromatic N) is 1. The van der Waals surface area contributed by atoms with E-state index in [2.05, 4.69) is 51.5 Å². The summed E-state index contributed by atoms with van der Waals surface area (Å²) in [7, 11) is 0. The topological polar surface area (TPSA) is 145 Å². The number of aromatic amines is 2. The first-order chi connectivity index (χ1) is 16.0. The maximum atomic E-state index is 13.0. The molecule has 5 N–H and O–H groups in total. The van der Waals surface area contributed by atoms with Crippen molar-refractivity contribution < 1.29 is 14.1 Å². The zero-order valence-corrected chi connectivity index (χ0v) is 18.8. The smallest absolute Gasteiger partial charge is 0.349 e. The fourth-order valence-corrected chi connectivity index (χ4v) is 4.23. The van der Waals surface area contributed by atoms with E-state index in [-0.39, 0.29) is 17.8 Å². The van der Waals surface area contributed by atoms with Gasteiger partial charge < -0.3 is 20.9 Å². The minimum atomic E-state index is -0.694. The minimum absolute atomic E-state index is 0.0956.